The van der Waals surface area contributed by atoms with Gasteiger partial charge in [-0.3, -0.25) is 47.9 Å². The Labute approximate surface area is 471 Å². The smallest absolute Gasteiger partial charge is 0.328 e. The van der Waals surface area contributed by atoms with Crippen LogP contribution in [0.1, 0.15) is 173 Å². The number of amides is 9. The van der Waals surface area contributed by atoms with Gasteiger partial charge in [-0.05, 0) is 75.0 Å². The van der Waals surface area contributed by atoms with Gasteiger partial charge in [-0.2, -0.15) is 0 Å². The van der Waals surface area contributed by atoms with Gasteiger partial charge in [0.2, 0.25) is 53.2 Å². The zero-order chi connectivity index (χ0) is 61.0. The second-order valence-electron chi connectivity index (χ2n) is 22.9. The molecule has 0 radical (unpaired) electrons. The Bertz CT molecular complexity index is 2040. The number of carbonyl (C=O) groups excluding carboxylic acids is 10. The third-order valence-electron chi connectivity index (χ3n) is 13.5. The first-order chi connectivity index (χ1) is 37.5. The molecule has 0 unspecified atom stereocenters. The maximum Gasteiger partial charge on any atom is 0.328 e. The van der Waals surface area contributed by atoms with Crippen molar-refractivity contribution in [3.63, 3.8) is 0 Å². The van der Waals surface area contributed by atoms with Crippen molar-refractivity contribution < 1.29 is 77.9 Å². The molecule has 1 aliphatic rings. The lowest BCUT2D eigenvalue weighted by Gasteiger charge is -2.32. The van der Waals surface area contributed by atoms with Crippen LogP contribution in [0.3, 0.4) is 0 Å². The topological polar surface area (TPSA) is 386 Å². The Morgan fingerprint density at radius 3 is 1.51 bits per heavy atom. The van der Waals surface area contributed by atoms with Crippen LogP contribution in [0.15, 0.2) is 0 Å². The fourth-order valence-electron chi connectivity index (χ4n) is 8.82. The monoisotopic (exact) mass is 1140 g/mol. The summed E-state index contributed by atoms with van der Waals surface area (Å²) in [6.45, 7) is 18.6. The van der Waals surface area contributed by atoms with Gasteiger partial charge >= 0.3 is 11.9 Å². The molecule has 1 saturated heterocycles. The van der Waals surface area contributed by atoms with Crippen LogP contribution in [-0.2, 0) is 57.5 Å². The van der Waals surface area contributed by atoms with E-state index in [0.717, 1.165) is 25.7 Å². The Balaban J connectivity index is 4.03. The summed E-state index contributed by atoms with van der Waals surface area (Å²) >= 11 is 0. The van der Waals surface area contributed by atoms with Crippen LogP contribution in [0.25, 0.3) is 0 Å². The van der Waals surface area contributed by atoms with Crippen LogP contribution in [0.2, 0.25) is 0 Å². The number of aliphatic carboxylic acids is 1. The minimum Gasteiger partial charge on any atom is -0.481 e. The second kappa shape index (κ2) is 37.1. The molecule has 458 valence electrons. The molecule has 0 aromatic carbocycles. The first kappa shape index (κ1) is 72.1. The van der Waals surface area contributed by atoms with Crippen molar-refractivity contribution in [3.05, 3.63) is 0 Å². The van der Waals surface area contributed by atoms with Crippen molar-refractivity contribution in [2.45, 2.75) is 240 Å². The van der Waals surface area contributed by atoms with Gasteiger partial charge in [0.1, 0.15) is 60.5 Å². The molecular weight excluding hydrogens is 1040 g/mol. The summed E-state index contributed by atoms with van der Waals surface area (Å²) in [6, 6.07) is -14.1. The average molecular weight is 1140 g/mol. The molecule has 0 aliphatic carbocycles. The van der Waals surface area contributed by atoms with Crippen LogP contribution in [0.4, 0.5) is 0 Å². The molecule has 1 fully saturated rings. The molecule has 1 heterocycles. The predicted octanol–water partition coefficient (Wildman–Crippen LogP) is 0.486. The molecule has 25 nitrogen and oxygen atoms in total. The lowest BCUT2D eigenvalue weighted by atomic mass is 9.96. The highest BCUT2D eigenvalue weighted by atomic mass is 16.5. The third-order valence-corrected chi connectivity index (χ3v) is 13.5. The van der Waals surface area contributed by atoms with E-state index >= 15 is 0 Å². The van der Waals surface area contributed by atoms with Gasteiger partial charge in [-0.15, -0.1) is 0 Å². The zero-order valence-electron chi connectivity index (χ0n) is 49.2. The Kier molecular flexibility index (Phi) is 33.5. The summed E-state index contributed by atoms with van der Waals surface area (Å²) in [5, 5.41) is 63.7. The maximum atomic E-state index is 14.8. The summed E-state index contributed by atoms with van der Waals surface area (Å²) in [7, 11) is 0. The van der Waals surface area contributed by atoms with Crippen LogP contribution >= 0.6 is 0 Å². The van der Waals surface area contributed by atoms with Gasteiger partial charge in [0.05, 0.1) is 25.7 Å². The van der Waals surface area contributed by atoms with Gasteiger partial charge in [-0.25, -0.2) is 4.79 Å². The number of carboxylic acids is 1. The van der Waals surface area contributed by atoms with E-state index in [4.69, 9.17) is 4.74 Å². The number of carboxylic acid groups (broad SMARTS) is 1. The quantitative estimate of drug-likeness (QED) is 0.0374. The Morgan fingerprint density at radius 2 is 1.04 bits per heavy atom. The van der Waals surface area contributed by atoms with Crippen molar-refractivity contribution >= 4 is 65.1 Å². The van der Waals surface area contributed by atoms with E-state index in [1.165, 1.54) is 6.92 Å². The second-order valence-corrected chi connectivity index (χ2v) is 22.9. The average Bonchev–Trinajstić information content (AvgIpc) is 3.36. The largest absolute Gasteiger partial charge is 0.481 e. The molecule has 13 N–H and O–H groups in total. The van der Waals surface area contributed by atoms with Gasteiger partial charge in [0, 0.05) is 6.42 Å². The van der Waals surface area contributed by atoms with E-state index in [2.05, 4.69) is 54.8 Å². The number of cyclic esters (lactones) is 1. The summed E-state index contributed by atoms with van der Waals surface area (Å²) < 4.78 is 5.82. The summed E-state index contributed by atoms with van der Waals surface area (Å²) in [6.07, 6.45) is 0.971. The van der Waals surface area contributed by atoms with E-state index in [1.54, 1.807) is 69.2 Å². The molecular formula is C55H97N9O16. The molecule has 12 atom stereocenters. The van der Waals surface area contributed by atoms with Gasteiger partial charge in [0.25, 0.3) is 0 Å². The molecule has 0 aromatic rings. The molecule has 0 bridgehead atoms. The number of hydrogen-bond donors (Lipinski definition) is 13. The predicted molar refractivity (Wildman–Crippen MR) is 295 cm³/mol. The number of hydrogen-bond acceptors (Lipinski definition) is 15. The lowest BCUT2D eigenvalue weighted by Crippen LogP contribution is -2.63. The van der Waals surface area contributed by atoms with E-state index in [0.29, 0.717) is 12.8 Å². The Morgan fingerprint density at radius 1 is 0.562 bits per heavy atom. The van der Waals surface area contributed by atoms with Crippen LogP contribution in [0, 0.1) is 29.6 Å². The van der Waals surface area contributed by atoms with Crippen molar-refractivity contribution in [2.24, 2.45) is 29.6 Å². The number of rotatable bonds is 28. The highest BCUT2D eigenvalue weighted by molar-refractivity contribution is 5.99. The molecule has 9 amide bonds. The fraction of sp³-hybridized carbons (Fsp3) is 0.800. The molecule has 80 heavy (non-hydrogen) atoms. The maximum absolute atomic E-state index is 14.8. The summed E-state index contributed by atoms with van der Waals surface area (Å²) in [5.41, 5.74) is 0. The first-order valence-corrected chi connectivity index (χ1v) is 28.5. The zero-order valence-corrected chi connectivity index (χ0v) is 49.2. The number of carbonyl (C=O) groups is 11. The van der Waals surface area contributed by atoms with E-state index in [1.807, 2.05) is 0 Å². The molecule has 0 spiro atoms. The number of aliphatic hydroxyl groups excluding tert-OH is 3. The van der Waals surface area contributed by atoms with Gasteiger partial charge in [0.15, 0.2) is 0 Å². The van der Waals surface area contributed by atoms with Crippen molar-refractivity contribution in [3.8, 4) is 0 Å². The summed E-state index contributed by atoms with van der Waals surface area (Å²) in [4.78, 5) is 152. The number of esters is 1. The molecule has 1 rings (SSSR count). The number of ether oxygens (including phenoxy) is 1. The lowest BCUT2D eigenvalue weighted by molar-refractivity contribution is -0.157. The van der Waals surface area contributed by atoms with Crippen molar-refractivity contribution in [1.82, 2.24) is 47.9 Å². The highest BCUT2D eigenvalue weighted by Gasteiger charge is 2.40. The Hall–Kier alpha value is -5.95. The van der Waals surface area contributed by atoms with Crippen LogP contribution in [0.5, 0.6) is 0 Å². The molecule has 1 aliphatic heterocycles. The number of unbranched alkanes of at least 4 members (excludes halogenated alkanes) is 4. The van der Waals surface area contributed by atoms with E-state index in [-0.39, 0.29) is 62.2 Å². The highest BCUT2D eigenvalue weighted by Crippen LogP contribution is 2.17. The minimum absolute atomic E-state index is 0.00913. The summed E-state index contributed by atoms with van der Waals surface area (Å²) in [5.74, 6) is -12.9. The van der Waals surface area contributed by atoms with Gasteiger partial charge in [-0.1, -0.05) is 115 Å². The SMILES string of the molecule is CCCCCCC[C@@H](O)CC(=O)N[C@@H](CC(C)C)C(=O)N[C@H](CCC(=O)O)C(=O)N[C@H]1C(=O)N[C@@H]([C@@H](C)CC)C(=O)N[C@@H](CC(C)C)C(=O)N[C@@H](CO)C(=O)N[C@@H](CC(C)C)C(=O)N[C@H](CO)C(=O)N[C@H](CC(C)C)C(=O)O[C@@H]1C. The minimum atomic E-state index is -1.95. The van der Waals surface area contributed by atoms with E-state index in [9.17, 15) is 73.2 Å². The van der Waals surface area contributed by atoms with Crippen LogP contribution in [-0.4, -0.2) is 165 Å². The molecule has 0 aromatic heterocycles. The first-order valence-electron chi connectivity index (χ1n) is 28.5. The molecule has 0 saturated carbocycles. The van der Waals surface area contributed by atoms with Crippen LogP contribution < -0.4 is 47.9 Å². The van der Waals surface area contributed by atoms with E-state index < -0.39 is 164 Å². The van der Waals surface area contributed by atoms with Gasteiger partial charge < -0.3 is 73.0 Å². The molecule has 25 heteroatoms. The number of aliphatic hydroxyl groups is 3. The fourth-order valence-corrected chi connectivity index (χ4v) is 8.82. The van der Waals surface area contributed by atoms with Crippen molar-refractivity contribution in [1.29, 1.82) is 0 Å². The third kappa shape index (κ3) is 27.0. The van der Waals surface area contributed by atoms with Crippen molar-refractivity contribution in [2.75, 3.05) is 13.2 Å². The number of nitrogens with one attached hydrogen (secondary N) is 9. The standard InChI is InChI=1S/C55H97N9O16/c1-13-15-16-17-18-19-35(67)26-43(68)56-37(22-29(3)4)48(72)57-36(20-21-44(69)70)47(71)64-46-34(12)80-55(79)40(25-32(9)10)60-52(76)42(28-66)62-49(73)38(23-30(5)6)58-51(75)41(27-65)61-50(74)39(24-31(7)8)59-53(77)45(33(11)14-2)63-54(46)78/h29-42,45-46,65-67H,13-28H2,1-12H3,(H,56,68)(H,57,72)(H,58,75)(H,59,77)(H,60,76)(H,61,74)(H,62,73)(H,63,78)(H,64,71)(H,69,70)/t33-,34+,35+,36+,37-,38-,39-,40+,41-,42+,45-,46+/m0/s1. The normalized spacial score (nSPS) is 23.9.